The summed E-state index contributed by atoms with van der Waals surface area (Å²) in [5.74, 6) is 0. The van der Waals surface area contributed by atoms with Gasteiger partial charge in [-0.15, -0.1) is 0 Å². The van der Waals surface area contributed by atoms with Crippen LogP contribution in [-0.4, -0.2) is 0 Å². The zero-order valence-electron chi connectivity index (χ0n) is 10.3. The van der Waals surface area contributed by atoms with Crippen LogP contribution in [0.4, 0.5) is 0 Å². The second kappa shape index (κ2) is 6.64. The molecule has 0 aromatic heterocycles. The quantitative estimate of drug-likeness (QED) is 0.839. The average molecular weight is 264 g/mol. The van der Waals surface area contributed by atoms with Crippen molar-refractivity contribution in [2.24, 2.45) is 0 Å². The minimum atomic E-state index is 0.369. The fraction of sp³-hybridized carbons (Fsp3) is 0.125. The average Bonchev–Trinajstić information content (AvgIpc) is 2.43. The summed E-state index contributed by atoms with van der Waals surface area (Å²) in [6, 6.07) is 20.3. The van der Waals surface area contributed by atoms with Gasteiger partial charge >= 0.3 is 0 Å². The molecule has 0 saturated heterocycles. The van der Waals surface area contributed by atoms with Crippen LogP contribution < -0.4 is 0 Å². The Hall–Kier alpha value is -2.23. The van der Waals surface area contributed by atoms with E-state index in [2.05, 4.69) is 12.1 Å². The van der Waals surface area contributed by atoms with Crippen LogP contribution >= 0.6 is 11.8 Å². The molecule has 2 nitrogen and oxygen atoms in total. The molecular formula is C16H12N2S. The van der Waals surface area contributed by atoms with E-state index in [1.807, 2.05) is 48.5 Å². The molecule has 0 aliphatic rings. The lowest BCUT2D eigenvalue weighted by molar-refractivity contribution is 1.14. The first-order valence-corrected chi connectivity index (χ1v) is 6.73. The van der Waals surface area contributed by atoms with Crippen LogP contribution in [0.15, 0.2) is 58.3 Å². The number of nitriles is 2. The minimum Gasteiger partial charge on any atom is -0.198 e. The van der Waals surface area contributed by atoms with Gasteiger partial charge in [-0.2, -0.15) is 10.5 Å². The van der Waals surface area contributed by atoms with Gasteiger partial charge in [0.05, 0.1) is 25.0 Å². The van der Waals surface area contributed by atoms with Gasteiger partial charge in [0.15, 0.2) is 0 Å². The molecule has 2 aromatic rings. The van der Waals surface area contributed by atoms with Gasteiger partial charge in [0.1, 0.15) is 0 Å². The maximum absolute atomic E-state index is 8.91. The highest BCUT2D eigenvalue weighted by Crippen LogP contribution is 2.31. The maximum atomic E-state index is 8.91. The number of hydrogen-bond donors (Lipinski definition) is 0. The molecule has 2 aromatic carbocycles. The van der Waals surface area contributed by atoms with Gasteiger partial charge in [0, 0.05) is 9.79 Å². The van der Waals surface area contributed by atoms with Gasteiger partial charge in [-0.3, -0.25) is 0 Å². The van der Waals surface area contributed by atoms with Crippen molar-refractivity contribution >= 4 is 11.8 Å². The molecule has 19 heavy (non-hydrogen) atoms. The molecule has 92 valence electrons. The van der Waals surface area contributed by atoms with Crippen LogP contribution in [0.1, 0.15) is 11.1 Å². The Bertz CT molecular complexity index is 636. The number of nitrogens with zero attached hydrogens (tertiary/aromatic N) is 2. The molecule has 0 spiro atoms. The molecule has 0 unspecified atom stereocenters. The second-order valence-electron chi connectivity index (χ2n) is 4.03. The molecule has 2 rings (SSSR count). The lowest BCUT2D eigenvalue weighted by Crippen LogP contribution is -1.90. The summed E-state index contributed by atoms with van der Waals surface area (Å²) < 4.78 is 0. The van der Waals surface area contributed by atoms with E-state index >= 15 is 0 Å². The van der Waals surface area contributed by atoms with E-state index in [1.54, 1.807) is 11.8 Å². The molecule has 0 aliphatic heterocycles. The molecule has 0 saturated carbocycles. The van der Waals surface area contributed by atoms with Crippen LogP contribution in [0.2, 0.25) is 0 Å². The van der Waals surface area contributed by atoms with Crippen LogP contribution in [0.5, 0.6) is 0 Å². The highest BCUT2D eigenvalue weighted by Gasteiger charge is 2.06. The van der Waals surface area contributed by atoms with E-state index in [-0.39, 0.29) is 0 Å². The summed E-state index contributed by atoms with van der Waals surface area (Å²) in [4.78, 5) is 2.23. The normalized spacial score (nSPS) is 9.58. The summed E-state index contributed by atoms with van der Waals surface area (Å²) in [5, 5.41) is 17.6. The fourth-order valence-corrected chi connectivity index (χ4v) is 2.72. The second-order valence-corrected chi connectivity index (χ2v) is 5.14. The summed E-state index contributed by atoms with van der Waals surface area (Å²) in [6.45, 7) is 0. The van der Waals surface area contributed by atoms with Crippen LogP contribution in [0, 0.1) is 22.7 Å². The van der Waals surface area contributed by atoms with Crippen molar-refractivity contribution in [2.75, 3.05) is 0 Å². The summed E-state index contributed by atoms with van der Waals surface area (Å²) in [6.07, 6.45) is 0.753. The van der Waals surface area contributed by atoms with Crippen LogP contribution in [0.3, 0.4) is 0 Å². The third-order valence-corrected chi connectivity index (χ3v) is 3.77. The zero-order chi connectivity index (χ0) is 13.5. The molecule has 3 heteroatoms. The molecule has 0 amide bonds. The number of benzene rings is 2. The SMILES string of the molecule is N#CCc1ccc(Sc2ccccc2)c(CC#N)c1. The Morgan fingerprint density at radius 1 is 0.895 bits per heavy atom. The predicted molar refractivity (Wildman–Crippen MR) is 75.6 cm³/mol. The van der Waals surface area contributed by atoms with E-state index in [1.165, 1.54) is 0 Å². The molecule has 0 aliphatic carbocycles. The first-order valence-electron chi connectivity index (χ1n) is 5.92. The monoisotopic (exact) mass is 264 g/mol. The highest BCUT2D eigenvalue weighted by atomic mass is 32.2. The van der Waals surface area contributed by atoms with Crippen molar-refractivity contribution in [3.05, 3.63) is 59.7 Å². The smallest absolute Gasteiger partial charge is 0.0670 e. The van der Waals surface area contributed by atoms with Gasteiger partial charge in [-0.05, 0) is 29.3 Å². The fourth-order valence-electron chi connectivity index (χ4n) is 1.77. The molecule has 0 bridgehead atoms. The van der Waals surface area contributed by atoms with Crippen molar-refractivity contribution in [1.82, 2.24) is 0 Å². The molecule has 0 N–H and O–H groups in total. The standard InChI is InChI=1S/C16H12N2S/c17-10-8-13-6-7-16(14(12-13)9-11-18)19-15-4-2-1-3-5-15/h1-7,12H,8-9H2. The van der Waals surface area contributed by atoms with Crippen molar-refractivity contribution in [1.29, 1.82) is 10.5 Å². The topological polar surface area (TPSA) is 47.6 Å². The van der Waals surface area contributed by atoms with Gasteiger partial charge in [0.2, 0.25) is 0 Å². The first-order chi connectivity index (χ1) is 9.33. The predicted octanol–water partition coefficient (Wildman–Crippen LogP) is 3.97. The van der Waals surface area contributed by atoms with E-state index in [4.69, 9.17) is 10.5 Å². The Morgan fingerprint density at radius 2 is 1.63 bits per heavy atom. The van der Waals surface area contributed by atoms with E-state index in [9.17, 15) is 0 Å². The van der Waals surface area contributed by atoms with E-state index in [0.29, 0.717) is 12.8 Å². The van der Waals surface area contributed by atoms with Gasteiger partial charge in [-0.1, -0.05) is 42.1 Å². The summed E-state index contributed by atoms with van der Waals surface area (Å²) >= 11 is 1.65. The van der Waals surface area contributed by atoms with E-state index in [0.717, 1.165) is 20.9 Å². The first kappa shape index (κ1) is 13.2. The number of rotatable bonds is 4. The third-order valence-electron chi connectivity index (χ3n) is 2.65. The Kier molecular flexibility index (Phi) is 4.61. The molecule has 0 atom stereocenters. The third kappa shape index (κ3) is 3.61. The zero-order valence-corrected chi connectivity index (χ0v) is 11.2. The lowest BCUT2D eigenvalue weighted by atomic mass is 10.1. The van der Waals surface area contributed by atoms with Crippen LogP contribution in [0.25, 0.3) is 0 Å². The van der Waals surface area contributed by atoms with E-state index < -0.39 is 0 Å². The largest absolute Gasteiger partial charge is 0.198 e. The molecular weight excluding hydrogens is 252 g/mol. The van der Waals surface area contributed by atoms with Crippen LogP contribution in [-0.2, 0) is 12.8 Å². The minimum absolute atomic E-state index is 0.369. The van der Waals surface area contributed by atoms with Gasteiger partial charge in [0.25, 0.3) is 0 Å². The molecule has 0 heterocycles. The maximum Gasteiger partial charge on any atom is 0.0670 e. The van der Waals surface area contributed by atoms with Gasteiger partial charge < -0.3 is 0 Å². The lowest BCUT2D eigenvalue weighted by Gasteiger charge is -2.08. The highest BCUT2D eigenvalue weighted by molar-refractivity contribution is 7.99. The Balaban J connectivity index is 2.29. The van der Waals surface area contributed by atoms with Crippen molar-refractivity contribution in [2.45, 2.75) is 22.6 Å². The summed E-state index contributed by atoms with van der Waals surface area (Å²) in [5.41, 5.74) is 1.95. The van der Waals surface area contributed by atoms with Gasteiger partial charge in [-0.25, -0.2) is 0 Å². The van der Waals surface area contributed by atoms with Crippen molar-refractivity contribution < 1.29 is 0 Å². The Morgan fingerprint density at radius 3 is 2.32 bits per heavy atom. The summed E-state index contributed by atoms with van der Waals surface area (Å²) in [7, 11) is 0. The Labute approximate surface area is 117 Å². The molecule has 0 radical (unpaired) electrons. The molecule has 0 fully saturated rings. The van der Waals surface area contributed by atoms with Crippen molar-refractivity contribution in [3.63, 3.8) is 0 Å². The number of hydrogen-bond acceptors (Lipinski definition) is 3. The van der Waals surface area contributed by atoms with Crippen molar-refractivity contribution in [3.8, 4) is 12.1 Å².